The zero-order chi connectivity index (χ0) is 15.8. The third-order valence-electron chi connectivity index (χ3n) is 3.76. The van der Waals surface area contributed by atoms with Gasteiger partial charge in [0.1, 0.15) is 17.3 Å². The summed E-state index contributed by atoms with van der Waals surface area (Å²) in [4.78, 5) is 9.00. The predicted molar refractivity (Wildman–Crippen MR) is 89.9 cm³/mol. The summed E-state index contributed by atoms with van der Waals surface area (Å²) < 4.78 is 1.83. The van der Waals surface area contributed by atoms with Gasteiger partial charge in [0.25, 0.3) is 0 Å². The van der Waals surface area contributed by atoms with Crippen LogP contribution in [-0.2, 0) is 0 Å². The normalized spacial score (nSPS) is 11.0. The molecule has 0 bridgehead atoms. The van der Waals surface area contributed by atoms with Crippen LogP contribution in [0.3, 0.4) is 0 Å². The molecule has 0 aliphatic heterocycles. The number of phenols is 1. The highest BCUT2D eigenvalue weighted by atomic mass is 16.3. The summed E-state index contributed by atoms with van der Waals surface area (Å²) in [5.41, 5.74) is 10.4. The summed E-state index contributed by atoms with van der Waals surface area (Å²) in [5.74, 6) is 0.803. The number of phenolic OH excluding ortho intramolecular Hbond substituents is 1. The Morgan fingerprint density at radius 1 is 0.913 bits per heavy atom. The van der Waals surface area contributed by atoms with Gasteiger partial charge in [0.2, 0.25) is 0 Å². The molecule has 2 aromatic heterocycles. The molecule has 112 valence electrons. The highest BCUT2D eigenvalue weighted by Crippen LogP contribution is 2.27. The van der Waals surface area contributed by atoms with Gasteiger partial charge in [-0.2, -0.15) is 0 Å². The molecule has 3 N–H and O–H groups in total. The average molecular weight is 302 g/mol. The molecule has 0 radical (unpaired) electrons. The molecule has 0 spiro atoms. The third kappa shape index (κ3) is 2.28. The van der Waals surface area contributed by atoms with Crippen LogP contribution in [0.5, 0.6) is 5.75 Å². The summed E-state index contributed by atoms with van der Waals surface area (Å²) in [7, 11) is 0. The molecular formula is C18H14N4O. The van der Waals surface area contributed by atoms with E-state index in [4.69, 9.17) is 5.73 Å². The van der Waals surface area contributed by atoms with E-state index in [2.05, 4.69) is 9.97 Å². The summed E-state index contributed by atoms with van der Waals surface area (Å²) in [6, 6.07) is 16.7. The fraction of sp³-hybridized carbons (Fsp3) is 0. The molecule has 0 saturated carbocycles. The number of nitrogen functional groups attached to an aromatic ring is 1. The molecule has 4 aromatic rings. The lowest BCUT2D eigenvalue weighted by atomic mass is 10.1. The van der Waals surface area contributed by atoms with E-state index in [9.17, 15) is 5.11 Å². The lowest BCUT2D eigenvalue weighted by Crippen LogP contribution is -1.96. The SMILES string of the molecule is Nc1c(-c2ccccc2)nc2cnc(-c3ccc(O)cc3)cn12. The van der Waals surface area contributed by atoms with E-state index in [1.165, 1.54) is 0 Å². The maximum atomic E-state index is 9.39. The molecule has 0 atom stereocenters. The second kappa shape index (κ2) is 5.14. The number of nitrogens with zero attached hydrogens (tertiary/aromatic N) is 3. The molecule has 23 heavy (non-hydrogen) atoms. The van der Waals surface area contributed by atoms with E-state index in [0.29, 0.717) is 11.5 Å². The molecular weight excluding hydrogens is 288 g/mol. The Balaban J connectivity index is 1.86. The van der Waals surface area contributed by atoms with Crippen molar-refractivity contribution in [3.05, 3.63) is 67.0 Å². The number of hydrogen-bond donors (Lipinski definition) is 2. The number of nitrogens with two attached hydrogens (primary N) is 1. The molecule has 2 heterocycles. The minimum absolute atomic E-state index is 0.225. The van der Waals surface area contributed by atoms with E-state index in [0.717, 1.165) is 22.5 Å². The van der Waals surface area contributed by atoms with Gasteiger partial charge in [-0.1, -0.05) is 30.3 Å². The van der Waals surface area contributed by atoms with Crippen LogP contribution >= 0.6 is 0 Å². The second-order valence-electron chi connectivity index (χ2n) is 5.26. The number of rotatable bonds is 2. The zero-order valence-corrected chi connectivity index (χ0v) is 12.2. The van der Waals surface area contributed by atoms with Gasteiger partial charge in [0, 0.05) is 17.3 Å². The Bertz CT molecular complexity index is 975. The molecule has 4 rings (SSSR count). The molecule has 0 aliphatic carbocycles. The maximum absolute atomic E-state index is 9.39. The largest absolute Gasteiger partial charge is 0.508 e. The van der Waals surface area contributed by atoms with Crippen LogP contribution in [0.4, 0.5) is 5.82 Å². The van der Waals surface area contributed by atoms with Gasteiger partial charge in [-0.15, -0.1) is 0 Å². The standard InChI is InChI=1S/C18H14N4O/c19-18-17(13-4-2-1-3-5-13)21-16-10-20-15(11-22(16)18)12-6-8-14(23)9-7-12/h1-11,23H,19H2. The van der Waals surface area contributed by atoms with Gasteiger partial charge in [-0.25, -0.2) is 4.98 Å². The van der Waals surface area contributed by atoms with E-state index >= 15 is 0 Å². The Morgan fingerprint density at radius 2 is 1.65 bits per heavy atom. The predicted octanol–water partition coefficient (Wildman–Crippen LogP) is 3.35. The first kappa shape index (κ1) is 13.3. The summed E-state index contributed by atoms with van der Waals surface area (Å²) in [6.07, 6.45) is 3.56. The maximum Gasteiger partial charge on any atom is 0.157 e. The molecule has 0 saturated heterocycles. The van der Waals surface area contributed by atoms with Crippen LogP contribution in [-0.4, -0.2) is 19.5 Å². The smallest absolute Gasteiger partial charge is 0.157 e. The first-order valence-corrected chi connectivity index (χ1v) is 7.21. The van der Waals surface area contributed by atoms with Crippen molar-refractivity contribution in [1.29, 1.82) is 0 Å². The van der Waals surface area contributed by atoms with Crippen molar-refractivity contribution in [3.8, 4) is 28.3 Å². The number of anilines is 1. The van der Waals surface area contributed by atoms with Crippen molar-refractivity contribution in [2.45, 2.75) is 0 Å². The molecule has 0 amide bonds. The molecule has 2 aromatic carbocycles. The van der Waals surface area contributed by atoms with Gasteiger partial charge in [0.15, 0.2) is 5.65 Å². The van der Waals surface area contributed by atoms with Crippen molar-refractivity contribution in [2.75, 3.05) is 5.73 Å². The molecule has 0 aliphatic rings. The van der Waals surface area contributed by atoms with Crippen molar-refractivity contribution in [3.63, 3.8) is 0 Å². The number of fused-ring (bicyclic) bond motifs is 1. The van der Waals surface area contributed by atoms with Gasteiger partial charge in [-0.3, -0.25) is 9.38 Å². The second-order valence-corrected chi connectivity index (χ2v) is 5.26. The Labute approximate surface area is 132 Å². The van der Waals surface area contributed by atoms with E-state index < -0.39 is 0 Å². The topological polar surface area (TPSA) is 76.4 Å². The van der Waals surface area contributed by atoms with Crippen LogP contribution in [0.1, 0.15) is 0 Å². The number of aromatic hydroxyl groups is 1. The minimum Gasteiger partial charge on any atom is -0.508 e. The first-order valence-electron chi connectivity index (χ1n) is 7.21. The van der Waals surface area contributed by atoms with E-state index in [1.807, 2.05) is 53.1 Å². The highest BCUT2D eigenvalue weighted by molar-refractivity contribution is 5.75. The lowest BCUT2D eigenvalue weighted by molar-refractivity contribution is 0.475. The van der Waals surface area contributed by atoms with Gasteiger partial charge >= 0.3 is 0 Å². The quantitative estimate of drug-likeness (QED) is 0.595. The van der Waals surface area contributed by atoms with Crippen LogP contribution in [0, 0.1) is 0 Å². The van der Waals surface area contributed by atoms with Crippen molar-refractivity contribution >= 4 is 11.5 Å². The number of aromatic nitrogens is 3. The lowest BCUT2D eigenvalue weighted by Gasteiger charge is -2.03. The third-order valence-corrected chi connectivity index (χ3v) is 3.76. The average Bonchev–Trinajstić information content (AvgIpc) is 2.93. The Kier molecular flexibility index (Phi) is 2.98. The van der Waals surface area contributed by atoms with Crippen LogP contribution in [0.25, 0.3) is 28.2 Å². The monoisotopic (exact) mass is 302 g/mol. The summed E-state index contributed by atoms with van der Waals surface area (Å²) in [5, 5.41) is 9.39. The molecule has 0 unspecified atom stereocenters. The van der Waals surface area contributed by atoms with Crippen LogP contribution in [0.2, 0.25) is 0 Å². The fourth-order valence-corrected chi connectivity index (χ4v) is 2.56. The van der Waals surface area contributed by atoms with E-state index in [1.54, 1.807) is 18.3 Å². The number of imidazole rings is 1. The van der Waals surface area contributed by atoms with Gasteiger partial charge < -0.3 is 10.8 Å². The molecule has 0 fully saturated rings. The van der Waals surface area contributed by atoms with Crippen LogP contribution < -0.4 is 5.73 Å². The molecule has 5 heteroatoms. The minimum atomic E-state index is 0.225. The summed E-state index contributed by atoms with van der Waals surface area (Å²) in [6.45, 7) is 0. The van der Waals surface area contributed by atoms with Gasteiger partial charge in [-0.05, 0) is 24.3 Å². The Morgan fingerprint density at radius 3 is 2.39 bits per heavy atom. The van der Waals surface area contributed by atoms with Gasteiger partial charge in [0.05, 0.1) is 11.9 Å². The fourth-order valence-electron chi connectivity index (χ4n) is 2.56. The molecule has 5 nitrogen and oxygen atoms in total. The Hall–Kier alpha value is -3.34. The van der Waals surface area contributed by atoms with E-state index in [-0.39, 0.29) is 5.75 Å². The van der Waals surface area contributed by atoms with Crippen molar-refractivity contribution in [2.24, 2.45) is 0 Å². The zero-order valence-electron chi connectivity index (χ0n) is 12.2. The summed E-state index contributed by atoms with van der Waals surface area (Å²) >= 11 is 0. The van der Waals surface area contributed by atoms with Crippen molar-refractivity contribution in [1.82, 2.24) is 14.4 Å². The number of benzene rings is 2. The van der Waals surface area contributed by atoms with Crippen LogP contribution in [0.15, 0.2) is 67.0 Å². The first-order chi connectivity index (χ1) is 11.2. The highest BCUT2D eigenvalue weighted by Gasteiger charge is 2.12. The van der Waals surface area contributed by atoms with Crippen molar-refractivity contribution < 1.29 is 5.11 Å². The number of hydrogen-bond acceptors (Lipinski definition) is 4.